The zero-order chi connectivity index (χ0) is 11.1. The van der Waals surface area contributed by atoms with Crippen LogP contribution in [-0.4, -0.2) is 39.3 Å². The molecule has 0 radical (unpaired) electrons. The number of hydrogen-bond donors (Lipinski definition) is 2. The Morgan fingerprint density at radius 2 is 2.40 bits per heavy atom. The summed E-state index contributed by atoms with van der Waals surface area (Å²) in [5, 5.41) is 20.4. The van der Waals surface area contributed by atoms with Crippen molar-refractivity contribution in [3.8, 4) is 0 Å². The minimum absolute atomic E-state index is 0.0940. The van der Waals surface area contributed by atoms with Gasteiger partial charge in [0.2, 0.25) is 11.0 Å². The summed E-state index contributed by atoms with van der Waals surface area (Å²) in [6, 6.07) is 0. The maximum absolute atomic E-state index is 11.3. The molecule has 0 aliphatic heterocycles. The van der Waals surface area contributed by atoms with Gasteiger partial charge in [-0.25, -0.2) is 0 Å². The average Bonchev–Trinajstić information content (AvgIpc) is 2.66. The van der Waals surface area contributed by atoms with Crippen molar-refractivity contribution >= 4 is 34.1 Å². The number of hydrogen-bond acceptors (Lipinski definition) is 6. The lowest BCUT2D eigenvalue weighted by Crippen LogP contribution is -2.14. The van der Waals surface area contributed by atoms with Crippen molar-refractivity contribution in [2.75, 3.05) is 23.4 Å². The van der Waals surface area contributed by atoms with E-state index in [-0.39, 0.29) is 12.5 Å². The van der Waals surface area contributed by atoms with Gasteiger partial charge in [0.05, 0.1) is 12.4 Å². The predicted octanol–water partition coefficient (Wildman–Crippen LogP) is 0.764. The van der Waals surface area contributed by atoms with Crippen LogP contribution in [0.3, 0.4) is 0 Å². The molecule has 0 aromatic carbocycles. The van der Waals surface area contributed by atoms with Crippen LogP contribution in [0.15, 0.2) is 0 Å². The van der Waals surface area contributed by atoms with E-state index in [1.807, 2.05) is 6.92 Å². The fraction of sp³-hybridized carbons (Fsp3) is 0.625. The van der Waals surface area contributed by atoms with E-state index in [4.69, 9.17) is 5.11 Å². The maximum Gasteiger partial charge on any atom is 0.236 e. The molecule has 5 nitrogen and oxygen atoms in total. The first kappa shape index (κ1) is 12.4. The van der Waals surface area contributed by atoms with E-state index in [0.29, 0.717) is 16.6 Å². The molecule has 7 heteroatoms. The van der Waals surface area contributed by atoms with E-state index in [2.05, 4.69) is 15.5 Å². The Kier molecular flexibility index (Phi) is 5.59. The molecule has 0 atom stereocenters. The summed E-state index contributed by atoms with van der Waals surface area (Å²) in [7, 11) is 0. The first-order valence-corrected chi connectivity index (χ1v) is 6.54. The van der Waals surface area contributed by atoms with Gasteiger partial charge >= 0.3 is 0 Å². The van der Waals surface area contributed by atoms with Crippen LogP contribution in [0.4, 0.5) is 5.13 Å². The summed E-state index contributed by atoms with van der Waals surface area (Å²) in [6.45, 7) is 2.08. The van der Waals surface area contributed by atoms with E-state index >= 15 is 0 Å². The van der Waals surface area contributed by atoms with E-state index < -0.39 is 0 Å². The quantitative estimate of drug-likeness (QED) is 0.726. The Bertz CT molecular complexity index is 317. The van der Waals surface area contributed by atoms with Crippen LogP contribution in [0.25, 0.3) is 0 Å². The molecule has 0 unspecified atom stereocenters. The molecular formula is C8H13N3O2S2. The molecule has 1 aromatic rings. The average molecular weight is 247 g/mol. The summed E-state index contributed by atoms with van der Waals surface area (Å²) < 4.78 is 0. The summed E-state index contributed by atoms with van der Waals surface area (Å²) in [6.07, 6.45) is 0.826. The zero-order valence-electron chi connectivity index (χ0n) is 8.39. The number of carbonyl (C=O) groups is 1. The molecule has 0 spiro atoms. The summed E-state index contributed by atoms with van der Waals surface area (Å²) in [5.74, 6) is 0.804. The van der Waals surface area contributed by atoms with Crippen LogP contribution in [0.5, 0.6) is 0 Å². The zero-order valence-corrected chi connectivity index (χ0v) is 10.0. The largest absolute Gasteiger partial charge is 0.396 e. The molecule has 1 aromatic heterocycles. The van der Waals surface area contributed by atoms with Crippen LogP contribution in [-0.2, 0) is 11.2 Å². The minimum Gasteiger partial charge on any atom is -0.396 e. The standard InChI is InChI=1S/C8H13N3O2S2/c1-2-7-10-11-8(15-7)9-6(13)5-14-4-3-12/h12H,2-5H2,1H3,(H,9,11,13). The fourth-order valence-electron chi connectivity index (χ4n) is 0.832. The Hall–Kier alpha value is -0.660. The maximum atomic E-state index is 11.3. The number of aromatic nitrogens is 2. The number of nitrogens with zero attached hydrogens (tertiary/aromatic N) is 2. The van der Waals surface area contributed by atoms with Crippen LogP contribution >= 0.6 is 23.1 Å². The van der Waals surface area contributed by atoms with Crippen LogP contribution in [0.1, 0.15) is 11.9 Å². The van der Waals surface area contributed by atoms with Gasteiger partial charge in [-0.1, -0.05) is 18.3 Å². The topological polar surface area (TPSA) is 75.1 Å². The second kappa shape index (κ2) is 6.76. The molecular weight excluding hydrogens is 234 g/mol. The molecule has 84 valence electrons. The third-order valence-corrected chi connectivity index (χ3v) is 3.41. The third-order valence-electron chi connectivity index (χ3n) is 1.48. The molecule has 0 fully saturated rings. The van der Waals surface area contributed by atoms with Crippen LogP contribution in [0, 0.1) is 0 Å². The van der Waals surface area contributed by atoms with E-state index in [1.165, 1.54) is 23.1 Å². The number of aryl methyl sites for hydroxylation is 1. The van der Waals surface area contributed by atoms with E-state index in [0.717, 1.165) is 11.4 Å². The van der Waals surface area contributed by atoms with Crippen molar-refractivity contribution in [3.63, 3.8) is 0 Å². The van der Waals surface area contributed by atoms with Crippen molar-refractivity contribution in [2.45, 2.75) is 13.3 Å². The van der Waals surface area contributed by atoms with Gasteiger partial charge in [-0.05, 0) is 6.42 Å². The lowest BCUT2D eigenvalue weighted by molar-refractivity contribution is -0.113. The Morgan fingerprint density at radius 1 is 1.60 bits per heavy atom. The normalized spacial score (nSPS) is 10.3. The summed E-state index contributed by atoms with van der Waals surface area (Å²) in [5.41, 5.74) is 0. The highest BCUT2D eigenvalue weighted by molar-refractivity contribution is 7.99. The van der Waals surface area contributed by atoms with Crippen molar-refractivity contribution in [1.29, 1.82) is 0 Å². The predicted molar refractivity (Wildman–Crippen MR) is 62.3 cm³/mol. The molecule has 1 amide bonds. The van der Waals surface area contributed by atoms with Gasteiger partial charge in [0.15, 0.2) is 0 Å². The van der Waals surface area contributed by atoms with Crippen LogP contribution < -0.4 is 5.32 Å². The van der Waals surface area contributed by atoms with Gasteiger partial charge in [0, 0.05) is 5.75 Å². The first-order valence-electron chi connectivity index (χ1n) is 4.57. The van der Waals surface area contributed by atoms with E-state index in [9.17, 15) is 4.79 Å². The van der Waals surface area contributed by atoms with Crippen LogP contribution in [0.2, 0.25) is 0 Å². The summed E-state index contributed by atoms with van der Waals surface area (Å²) >= 11 is 2.78. The third kappa shape index (κ3) is 4.59. The molecule has 0 aliphatic rings. The van der Waals surface area contributed by atoms with Gasteiger partial charge in [-0.15, -0.1) is 22.0 Å². The molecule has 2 N–H and O–H groups in total. The molecule has 0 bridgehead atoms. The van der Waals surface area contributed by atoms with Gasteiger partial charge in [0.25, 0.3) is 0 Å². The molecule has 0 saturated carbocycles. The number of nitrogens with one attached hydrogen (secondary N) is 1. The Labute approximate surface area is 96.3 Å². The SMILES string of the molecule is CCc1nnc(NC(=O)CSCCO)s1. The van der Waals surface area contributed by atoms with Crippen molar-refractivity contribution in [2.24, 2.45) is 0 Å². The van der Waals surface area contributed by atoms with Gasteiger partial charge < -0.3 is 5.11 Å². The smallest absolute Gasteiger partial charge is 0.236 e. The molecule has 1 rings (SSSR count). The van der Waals surface area contributed by atoms with Crippen molar-refractivity contribution < 1.29 is 9.90 Å². The van der Waals surface area contributed by atoms with Crippen molar-refractivity contribution in [3.05, 3.63) is 5.01 Å². The summed E-state index contributed by atoms with van der Waals surface area (Å²) in [4.78, 5) is 11.3. The van der Waals surface area contributed by atoms with Gasteiger partial charge in [-0.3, -0.25) is 10.1 Å². The van der Waals surface area contributed by atoms with E-state index in [1.54, 1.807) is 0 Å². The van der Waals surface area contributed by atoms with Gasteiger partial charge in [0.1, 0.15) is 5.01 Å². The highest BCUT2D eigenvalue weighted by Gasteiger charge is 2.06. The van der Waals surface area contributed by atoms with Crippen molar-refractivity contribution in [1.82, 2.24) is 10.2 Å². The molecule has 1 heterocycles. The molecule has 15 heavy (non-hydrogen) atoms. The second-order valence-corrected chi connectivity index (χ2v) is 4.85. The highest BCUT2D eigenvalue weighted by atomic mass is 32.2. The minimum atomic E-state index is -0.104. The number of amides is 1. The number of aliphatic hydroxyl groups excluding tert-OH is 1. The number of anilines is 1. The Balaban J connectivity index is 2.31. The molecule has 0 saturated heterocycles. The lowest BCUT2D eigenvalue weighted by atomic mass is 10.5. The number of aliphatic hydroxyl groups is 1. The number of thioether (sulfide) groups is 1. The fourth-order valence-corrected chi connectivity index (χ4v) is 2.06. The lowest BCUT2D eigenvalue weighted by Gasteiger charge is -1.99. The second-order valence-electron chi connectivity index (χ2n) is 2.68. The Morgan fingerprint density at radius 3 is 3.00 bits per heavy atom. The first-order chi connectivity index (χ1) is 7.26. The number of carbonyl (C=O) groups excluding carboxylic acids is 1. The highest BCUT2D eigenvalue weighted by Crippen LogP contribution is 2.15. The number of rotatable bonds is 6. The monoisotopic (exact) mass is 247 g/mol. The molecule has 0 aliphatic carbocycles. The van der Waals surface area contributed by atoms with Gasteiger partial charge in [-0.2, -0.15) is 0 Å².